The van der Waals surface area contributed by atoms with E-state index in [4.69, 9.17) is 5.73 Å². The molecule has 0 fully saturated rings. The van der Waals surface area contributed by atoms with Gasteiger partial charge in [-0.1, -0.05) is 13.0 Å². The third kappa shape index (κ3) is 2.84. The van der Waals surface area contributed by atoms with Crippen LogP contribution in [0.1, 0.15) is 25.3 Å². The minimum absolute atomic E-state index is 0. The summed E-state index contributed by atoms with van der Waals surface area (Å²) in [6.45, 7) is 5.67. The fraction of sp³-hybridized carbons (Fsp3) is 0.375. The molecule has 108 valence electrons. The maximum Gasteiger partial charge on any atom is 0.0461 e. The van der Waals surface area contributed by atoms with Gasteiger partial charge in [-0.3, -0.25) is 4.90 Å². The largest absolute Gasteiger partial charge is 0.399 e. The molecule has 0 saturated heterocycles. The molecule has 0 unspecified atom stereocenters. The van der Waals surface area contributed by atoms with E-state index in [9.17, 15) is 0 Å². The van der Waals surface area contributed by atoms with E-state index in [0.717, 1.165) is 25.2 Å². The van der Waals surface area contributed by atoms with E-state index in [-0.39, 0.29) is 12.4 Å². The molecule has 0 spiro atoms. The highest BCUT2D eigenvalue weighted by Crippen LogP contribution is 2.30. The number of anilines is 1. The van der Waals surface area contributed by atoms with Crippen molar-refractivity contribution in [3.63, 3.8) is 0 Å². The summed E-state index contributed by atoms with van der Waals surface area (Å²) in [5.74, 6) is 0. The predicted molar refractivity (Wildman–Crippen MR) is 89.3 cm³/mol. The molecule has 2 aromatic rings. The van der Waals surface area contributed by atoms with Crippen LogP contribution in [0.5, 0.6) is 0 Å². The van der Waals surface area contributed by atoms with Crippen LogP contribution in [0, 0.1) is 0 Å². The quantitative estimate of drug-likeness (QED) is 0.848. The van der Waals surface area contributed by atoms with Crippen molar-refractivity contribution >= 4 is 34.6 Å². The minimum Gasteiger partial charge on any atom is -0.399 e. The summed E-state index contributed by atoms with van der Waals surface area (Å²) in [5.41, 5.74) is 10.7. The highest BCUT2D eigenvalue weighted by molar-refractivity contribution is 5.94. The van der Waals surface area contributed by atoms with Crippen LogP contribution in [0.25, 0.3) is 16.5 Å². The van der Waals surface area contributed by atoms with Gasteiger partial charge in [0.15, 0.2) is 0 Å². The van der Waals surface area contributed by atoms with Gasteiger partial charge in [-0.25, -0.2) is 0 Å². The number of nitrogens with two attached hydrogens (primary N) is 1. The topological polar surface area (TPSA) is 45.0 Å². The lowest BCUT2D eigenvalue weighted by molar-refractivity contribution is 0.302. The molecule has 1 aromatic carbocycles. The molecule has 1 aliphatic heterocycles. The molecule has 0 radical (unpaired) electrons. The van der Waals surface area contributed by atoms with Crippen LogP contribution in [-0.4, -0.2) is 29.5 Å². The lowest BCUT2D eigenvalue weighted by atomic mass is 9.98. The van der Waals surface area contributed by atoms with Crippen molar-refractivity contribution in [1.29, 1.82) is 0 Å². The standard InChI is InChI=1S/C16H21N3.ClH/c1-2-7-19-8-5-12(6-9-19)15-11-18-16-4-3-13(17)10-14(15)16;/h3-5,10-11,18H,2,6-9,17H2,1H3;1H. The molecule has 0 amide bonds. The number of hydrogen-bond donors (Lipinski definition) is 2. The summed E-state index contributed by atoms with van der Waals surface area (Å²) in [6.07, 6.45) is 6.84. The zero-order chi connectivity index (χ0) is 13.2. The van der Waals surface area contributed by atoms with Crippen LogP contribution in [0.15, 0.2) is 30.5 Å². The number of hydrogen-bond acceptors (Lipinski definition) is 2. The maximum absolute atomic E-state index is 5.90. The zero-order valence-corrected chi connectivity index (χ0v) is 12.7. The van der Waals surface area contributed by atoms with Gasteiger partial charge in [0.1, 0.15) is 0 Å². The summed E-state index contributed by atoms with van der Waals surface area (Å²) >= 11 is 0. The molecule has 3 rings (SSSR count). The van der Waals surface area contributed by atoms with Crippen LogP contribution in [0.4, 0.5) is 5.69 Å². The average Bonchev–Trinajstić information content (AvgIpc) is 2.83. The second kappa shape index (κ2) is 6.33. The molecular weight excluding hydrogens is 270 g/mol. The Bertz CT molecular complexity index is 615. The Kier molecular flexibility index (Phi) is 4.73. The molecule has 3 N–H and O–H groups in total. The van der Waals surface area contributed by atoms with Crippen molar-refractivity contribution in [1.82, 2.24) is 9.88 Å². The number of halogens is 1. The van der Waals surface area contributed by atoms with Gasteiger partial charge in [-0.15, -0.1) is 12.4 Å². The highest BCUT2D eigenvalue weighted by Gasteiger charge is 2.14. The number of fused-ring (bicyclic) bond motifs is 1. The van der Waals surface area contributed by atoms with E-state index in [1.165, 1.54) is 35.0 Å². The smallest absolute Gasteiger partial charge is 0.0461 e. The molecule has 0 bridgehead atoms. The number of rotatable bonds is 3. The summed E-state index contributed by atoms with van der Waals surface area (Å²) in [6, 6.07) is 6.07. The fourth-order valence-corrected chi connectivity index (χ4v) is 2.88. The first-order valence-corrected chi connectivity index (χ1v) is 7.06. The van der Waals surface area contributed by atoms with Crippen LogP contribution < -0.4 is 5.73 Å². The van der Waals surface area contributed by atoms with Crippen molar-refractivity contribution in [3.05, 3.63) is 36.0 Å². The molecule has 0 saturated carbocycles. The van der Waals surface area contributed by atoms with Crippen molar-refractivity contribution in [3.8, 4) is 0 Å². The fourth-order valence-electron chi connectivity index (χ4n) is 2.88. The maximum atomic E-state index is 5.90. The predicted octanol–water partition coefficient (Wildman–Crippen LogP) is 3.67. The lowest BCUT2D eigenvalue weighted by Gasteiger charge is -2.25. The van der Waals surface area contributed by atoms with Crippen molar-refractivity contribution in [2.75, 3.05) is 25.4 Å². The lowest BCUT2D eigenvalue weighted by Crippen LogP contribution is -2.29. The number of benzene rings is 1. The van der Waals surface area contributed by atoms with Crippen LogP contribution in [-0.2, 0) is 0 Å². The van der Waals surface area contributed by atoms with Crippen LogP contribution >= 0.6 is 12.4 Å². The number of aromatic nitrogens is 1. The molecule has 0 atom stereocenters. The Morgan fingerprint density at radius 2 is 2.20 bits per heavy atom. The molecule has 4 heteroatoms. The average molecular weight is 292 g/mol. The minimum atomic E-state index is 0. The summed E-state index contributed by atoms with van der Waals surface area (Å²) in [4.78, 5) is 5.85. The molecule has 1 aromatic heterocycles. The molecule has 2 heterocycles. The second-order valence-electron chi connectivity index (χ2n) is 5.29. The van der Waals surface area contributed by atoms with Crippen molar-refractivity contribution in [2.45, 2.75) is 19.8 Å². The van der Waals surface area contributed by atoms with Gasteiger partial charge in [0.05, 0.1) is 0 Å². The molecule has 20 heavy (non-hydrogen) atoms. The van der Waals surface area contributed by atoms with E-state index in [2.05, 4.69) is 41.2 Å². The van der Waals surface area contributed by atoms with Crippen LogP contribution in [0.2, 0.25) is 0 Å². The molecule has 1 aliphatic rings. The number of nitrogens with zero attached hydrogens (tertiary/aromatic N) is 1. The monoisotopic (exact) mass is 291 g/mol. The molecular formula is C16H22ClN3. The van der Waals surface area contributed by atoms with E-state index >= 15 is 0 Å². The summed E-state index contributed by atoms with van der Waals surface area (Å²) in [5, 5.41) is 1.25. The SMILES string of the molecule is CCCN1CC=C(c2c[nH]c3ccc(N)cc23)CC1.Cl. The molecule has 3 nitrogen and oxygen atoms in total. The number of H-pyrrole nitrogens is 1. The first-order valence-electron chi connectivity index (χ1n) is 7.06. The van der Waals surface area contributed by atoms with E-state index in [1.54, 1.807) is 0 Å². The van der Waals surface area contributed by atoms with E-state index < -0.39 is 0 Å². The Morgan fingerprint density at radius 1 is 1.35 bits per heavy atom. The van der Waals surface area contributed by atoms with Gasteiger partial charge >= 0.3 is 0 Å². The van der Waals surface area contributed by atoms with Crippen molar-refractivity contribution < 1.29 is 0 Å². The van der Waals surface area contributed by atoms with Crippen molar-refractivity contribution in [2.24, 2.45) is 0 Å². The third-order valence-corrected chi connectivity index (χ3v) is 3.88. The normalized spacial score (nSPS) is 15.9. The zero-order valence-electron chi connectivity index (χ0n) is 11.9. The Morgan fingerprint density at radius 3 is 2.90 bits per heavy atom. The van der Waals surface area contributed by atoms with Crippen LogP contribution in [0.3, 0.4) is 0 Å². The number of nitrogens with one attached hydrogen (secondary N) is 1. The molecule has 0 aliphatic carbocycles. The Hall–Kier alpha value is -1.45. The summed E-state index contributed by atoms with van der Waals surface area (Å²) in [7, 11) is 0. The van der Waals surface area contributed by atoms with E-state index in [1.807, 2.05) is 6.07 Å². The number of aromatic amines is 1. The van der Waals surface area contributed by atoms with Gasteiger partial charge in [0, 0.05) is 41.4 Å². The van der Waals surface area contributed by atoms with Gasteiger partial charge in [0.25, 0.3) is 0 Å². The van der Waals surface area contributed by atoms with Gasteiger partial charge in [-0.2, -0.15) is 0 Å². The second-order valence-corrected chi connectivity index (χ2v) is 5.29. The highest BCUT2D eigenvalue weighted by atomic mass is 35.5. The Balaban J connectivity index is 0.00000147. The summed E-state index contributed by atoms with van der Waals surface area (Å²) < 4.78 is 0. The first-order chi connectivity index (χ1) is 9.28. The van der Waals surface area contributed by atoms with Gasteiger partial charge in [-0.05, 0) is 43.2 Å². The first kappa shape index (κ1) is 14.9. The number of nitrogen functional groups attached to an aromatic ring is 1. The third-order valence-electron chi connectivity index (χ3n) is 3.88. The van der Waals surface area contributed by atoms with Gasteiger partial charge in [0.2, 0.25) is 0 Å². The Labute approximate surface area is 126 Å². The van der Waals surface area contributed by atoms with E-state index in [0.29, 0.717) is 0 Å². The van der Waals surface area contributed by atoms with Gasteiger partial charge < -0.3 is 10.7 Å².